The lowest BCUT2D eigenvalue weighted by Gasteiger charge is -2.12. The minimum Gasteiger partial charge on any atom is -0.469 e. The van der Waals surface area contributed by atoms with Crippen LogP contribution in [0.5, 0.6) is 0 Å². The summed E-state index contributed by atoms with van der Waals surface area (Å²) in [6, 6.07) is 12.7. The highest BCUT2D eigenvalue weighted by Crippen LogP contribution is 2.06. The van der Waals surface area contributed by atoms with Crippen LogP contribution in [0.2, 0.25) is 0 Å². The molecule has 3 nitrogen and oxygen atoms in total. The average Bonchev–Trinajstić information content (AvgIpc) is 2.90. The topological polar surface area (TPSA) is 51.2 Å². The van der Waals surface area contributed by atoms with Crippen molar-refractivity contribution < 1.29 is 4.42 Å². The fraction of sp³-hybridized carbons (Fsp3) is 0.333. The molecule has 0 spiro atoms. The Morgan fingerprint density at radius 1 is 1.17 bits per heavy atom. The van der Waals surface area contributed by atoms with Crippen LogP contribution in [-0.2, 0) is 19.5 Å². The molecule has 0 aliphatic rings. The first-order valence-electron chi connectivity index (χ1n) is 6.31. The third-order valence-electron chi connectivity index (χ3n) is 3.00. The third-order valence-corrected chi connectivity index (χ3v) is 3.00. The molecule has 3 N–H and O–H groups in total. The van der Waals surface area contributed by atoms with Crippen molar-refractivity contribution in [3.63, 3.8) is 0 Å². The molecule has 0 bridgehead atoms. The van der Waals surface area contributed by atoms with Crippen LogP contribution in [0.4, 0.5) is 0 Å². The molecule has 0 radical (unpaired) electrons. The molecular formula is C15H20N2O. The van der Waals surface area contributed by atoms with E-state index in [-0.39, 0.29) is 0 Å². The number of hydrogen-bond acceptors (Lipinski definition) is 3. The van der Waals surface area contributed by atoms with Gasteiger partial charge in [-0.05, 0) is 30.2 Å². The summed E-state index contributed by atoms with van der Waals surface area (Å²) in [5.41, 5.74) is 8.02. The van der Waals surface area contributed by atoms with Gasteiger partial charge in [-0.3, -0.25) is 0 Å². The molecule has 1 aromatic heterocycles. The van der Waals surface area contributed by atoms with Crippen LogP contribution >= 0.6 is 0 Å². The van der Waals surface area contributed by atoms with Crippen LogP contribution in [-0.4, -0.2) is 6.04 Å². The summed E-state index contributed by atoms with van der Waals surface area (Å²) >= 11 is 0. The molecule has 2 aromatic rings. The summed E-state index contributed by atoms with van der Waals surface area (Å²) in [4.78, 5) is 0. The van der Waals surface area contributed by atoms with E-state index in [1.165, 1.54) is 11.1 Å². The number of benzene rings is 1. The molecule has 0 aliphatic heterocycles. The minimum absolute atomic E-state index is 0.394. The Hall–Kier alpha value is -1.58. The van der Waals surface area contributed by atoms with Crippen LogP contribution in [0.1, 0.15) is 23.8 Å². The molecule has 1 heterocycles. The fourth-order valence-corrected chi connectivity index (χ4v) is 1.89. The second-order valence-electron chi connectivity index (χ2n) is 4.59. The van der Waals surface area contributed by atoms with Crippen molar-refractivity contribution in [1.29, 1.82) is 0 Å². The van der Waals surface area contributed by atoms with Crippen LogP contribution < -0.4 is 11.1 Å². The second-order valence-corrected chi connectivity index (χ2v) is 4.59. The van der Waals surface area contributed by atoms with Crippen molar-refractivity contribution in [2.24, 2.45) is 5.73 Å². The number of nitrogens with two attached hydrogens (primary N) is 1. The van der Waals surface area contributed by atoms with Gasteiger partial charge in [0.2, 0.25) is 0 Å². The van der Waals surface area contributed by atoms with Gasteiger partial charge < -0.3 is 15.5 Å². The number of rotatable bonds is 6. The van der Waals surface area contributed by atoms with Gasteiger partial charge in [0.1, 0.15) is 5.76 Å². The normalized spacial score (nSPS) is 12.6. The zero-order chi connectivity index (χ0) is 12.8. The van der Waals surface area contributed by atoms with Gasteiger partial charge >= 0.3 is 0 Å². The van der Waals surface area contributed by atoms with E-state index >= 15 is 0 Å². The van der Waals surface area contributed by atoms with Gasteiger partial charge in [-0.15, -0.1) is 0 Å². The van der Waals surface area contributed by atoms with Gasteiger partial charge in [-0.25, -0.2) is 0 Å². The number of furan rings is 1. The maximum atomic E-state index is 5.57. The van der Waals surface area contributed by atoms with E-state index in [1.807, 2.05) is 12.1 Å². The smallest absolute Gasteiger partial charge is 0.105 e. The van der Waals surface area contributed by atoms with Crippen LogP contribution in [0, 0.1) is 0 Å². The van der Waals surface area contributed by atoms with Crippen molar-refractivity contribution in [3.05, 3.63) is 59.5 Å². The summed E-state index contributed by atoms with van der Waals surface area (Å²) in [5.74, 6) is 1.02. The minimum atomic E-state index is 0.394. The van der Waals surface area contributed by atoms with E-state index in [2.05, 4.69) is 36.5 Å². The van der Waals surface area contributed by atoms with Crippen molar-refractivity contribution in [1.82, 2.24) is 5.32 Å². The van der Waals surface area contributed by atoms with Gasteiger partial charge in [0.05, 0.1) is 6.26 Å². The highest BCUT2D eigenvalue weighted by Gasteiger charge is 2.05. The molecule has 0 aliphatic carbocycles. The van der Waals surface area contributed by atoms with E-state index < -0.39 is 0 Å². The van der Waals surface area contributed by atoms with Crippen molar-refractivity contribution in [2.45, 2.75) is 32.5 Å². The molecule has 0 saturated heterocycles. The van der Waals surface area contributed by atoms with Crippen molar-refractivity contribution in [3.8, 4) is 0 Å². The van der Waals surface area contributed by atoms with Gasteiger partial charge in [0.15, 0.2) is 0 Å². The van der Waals surface area contributed by atoms with Gasteiger partial charge in [0.25, 0.3) is 0 Å². The Kier molecular flexibility index (Phi) is 4.56. The SMILES string of the molecule is CC(Cc1ccco1)NCc1ccc(CN)cc1. The Labute approximate surface area is 108 Å². The maximum Gasteiger partial charge on any atom is 0.105 e. The van der Waals surface area contributed by atoms with E-state index in [1.54, 1.807) is 6.26 Å². The van der Waals surface area contributed by atoms with E-state index in [0.29, 0.717) is 12.6 Å². The average molecular weight is 244 g/mol. The number of nitrogens with one attached hydrogen (secondary N) is 1. The molecule has 96 valence electrons. The fourth-order valence-electron chi connectivity index (χ4n) is 1.89. The largest absolute Gasteiger partial charge is 0.469 e. The first kappa shape index (κ1) is 12.9. The lowest BCUT2D eigenvalue weighted by atomic mass is 10.1. The van der Waals surface area contributed by atoms with E-state index in [9.17, 15) is 0 Å². The monoisotopic (exact) mass is 244 g/mol. The molecule has 1 atom stereocenters. The molecule has 0 fully saturated rings. The van der Waals surface area contributed by atoms with Crippen molar-refractivity contribution >= 4 is 0 Å². The maximum absolute atomic E-state index is 5.57. The van der Waals surface area contributed by atoms with Crippen LogP contribution in [0.15, 0.2) is 47.1 Å². The predicted octanol–water partition coefficient (Wildman–Crippen LogP) is 2.46. The van der Waals surface area contributed by atoms with Crippen LogP contribution in [0.3, 0.4) is 0 Å². The highest BCUT2D eigenvalue weighted by atomic mass is 16.3. The van der Waals surface area contributed by atoms with Gasteiger partial charge in [0, 0.05) is 25.6 Å². The first-order chi connectivity index (χ1) is 8.78. The Balaban J connectivity index is 1.79. The summed E-state index contributed by atoms with van der Waals surface area (Å²) < 4.78 is 5.33. The summed E-state index contributed by atoms with van der Waals surface area (Å²) in [7, 11) is 0. The first-order valence-corrected chi connectivity index (χ1v) is 6.31. The van der Waals surface area contributed by atoms with Gasteiger partial charge in [-0.1, -0.05) is 24.3 Å². The van der Waals surface area contributed by atoms with Crippen molar-refractivity contribution in [2.75, 3.05) is 0 Å². The molecule has 3 heteroatoms. The molecule has 2 rings (SSSR count). The Morgan fingerprint density at radius 2 is 1.89 bits per heavy atom. The molecule has 18 heavy (non-hydrogen) atoms. The Bertz CT molecular complexity index is 448. The predicted molar refractivity (Wildman–Crippen MR) is 73.0 cm³/mol. The van der Waals surface area contributed by atoms with E-state index in [0.717, 1.165) is 18.7 Å². The molecule has 1 aromatic carbocycles. The summed E-state index contributed by atoms with van der Waals surface area (Å²) in [6.45, 7) is 3.63. The quantitative estimate of drug-likeness (QED) is 0.820. The molecular weight excluding hydrogens is 224 g/mol. The lowest BCUT2D eigenvalue weighted by Crippen LogP contribution is -2.27. The lowest BCUT2D eigenvalue weighted by molar-refractivity contribution is 0.456. The third kappa shape index (κ3) is 3.72. The standard InChI is InChI=1S/C15H20N2O/c1-12(9-15-3-2-8-18-15)17-11-14-6-4-13(10-16)5-7-14/h2-8,12,17H,9-11,16H2,1H3. The molecule has 1 unspecified atom stereocenters. The Morgan fingerprint density at radius 3 is 2.50 bits per heavy atom. The molecule has 0 amide bonds. The summed E-state index contributed by atoms with van der Waals surface area (Å²) in [5, 5.41) is 3.48. The highest BCUT2D eigenvalue weighted by molar-refractivity contribution is 5.22. The zero-order valence-electron chi connectivity index (χ0n) is 10.7. The molecule has 0 saturated carbocycles. The number of hydrogen-bond donors (Lipinski definition) is 2. The van der Waals surface area contributed by atoms with Gasteiger partial charge in [-0.2, -0.15) is 0 Å². The zero-order valence-corrected chi connectivity index (χ0v) is 10.7. The summed E-state index contributed by atoms with van der Waals surface area (Å²) in [6.07, 6.45) is 2.63. The van der Waals surface area contributed by atoms with Crippen LogP contribution in [0.25, 0.3) is 0 Å². The van der Waals surface area contributed by atoms with E-state index in [4.69, 9.17) is 10.2 Å². The second kappa shape index (κ2) is 6.38.